The number of carboxylic acids is 1. The topological polar surface area (TPSA) is 185 Å². The Morgan fingerprint density at radius 2 is 1.81 bits per heavy atom. The van der Waals surface area contributed by atoms with Crippen molar-refractivity contribution in [2.75, 3.05) is 18.6 Å². The molecule has 182 valence electrons. The summed E-state index contributed by atoms with van der Waals surface area (Å²) < 4.78 is 0. The van der Waals surface area contributed by atoms with Crippen molar-refractivity contribution >= 4 is 41.4 Å². The molecule has 0 radical (unpaired) electrons. The number of amides is 4. The predicted octanol–water partition coefficient (Wildman–Crippen LogP) is -0.966. The average molecular weight is 474 g/mol. The van der Waals surface area contributed by atoms with Crippen LogP contribution in [0, 0.1) is 5.92 Å². The molecule has 1 saturated heterocycles. The maximum absolute atomic E-state index is 12.9. The molecular weight excluding hydrogens is 438 g/mol. The van der Waals surface area contributed by atoms with Crippen molar-refractivity contribution in [1.29, 1.82) is 0 Å². The molecule has 11 nitrogen and oxygen atoms in total. The summed E-state index contributed by atoms with van der Waals surface area (Å²) in [5.41, 5.74) is 10.9. The first-order chi connectivity index (χ1) is 15.0. The summed E-state index contributed by atoms with van der Waals surface area (Å²) in [6, 6.07) is -3.96. The lowest BCUT2D eigenvalue weighted by Crippen LogP contribution is -2.57. The fourth-order valence-corrected chi connectivity index (χ4v) is 4.03. The van der Waals surface area contributed by atoms with Crippen molar-refractivity contribution in [2.24, 2.45) is 17.4 Å². The van der Waals surface area contributed by atoms with Crippen molar-refractivity contribution in [2.45, 2.75) is 70.1 Å². The summed E-state index contributed by atoms with van der Waals surface area (Å²) in [4.78, 5) is 62.2. The molecule has 32 heavy (non-hydrogen) atoms. The van der Waals surface area contributed by atoms with E-state index in [1.54, 1.807) is 0 Å². The number of hydrogen-bond donors (Lipinski definition) is 5. The Balaban J connectivity index is 2.89. The van der Waals surface area contributed by atoms with Crippen LogP contribution in [0.2, 0.25) is 0 Å². The van der Waals surface area contributed by atoms with Gasteiger partial charge in [-0.1, -0.05) is 13.8 Å². The van der Waals surface area contributed by atoms with E-state index in [-0.39, 0.29) is 18.8 Å². The number of nitrogens with one attached hydrogen (secondary N) is 2. The highest BCUT2D eigenvalue weighted by atomic mass is 32.2. The first-order valence-electron chi connectivity index (χ1n) is 10.6. The Morgan fingerprint density at radius 1 is 1.16 bits per heavy atom. The molecule has 4 amide bonds. The molecule has 0 aromatic heterocycles. The number of aliphatic carboxylic acids is 1. The van der Waals surface area contributed by atoms with Gasteiger partial charge in [0.25, 0.3) is 0 Å². The number of thioether (sulfide) groups is 1. The van der Waals surface area contributed by atoms with E-state index in [0.717, 1.165) is 0 Å². The first-order valence-corrected chi connectivity index (χ1v) is 12.0. The highest BCUT2D eigenvalue weighted by Crippen LogP contribution is 2.19. The van der Waals surface area contributed by atoms with E-state index in [1.165, 1.54) is 16.7 Å². The minimum Gasteiger partial charge on any atom is -0.480 e. The van der Waals surface area contributed by atoms with E-state index in [1.807, 2.05) is 20.1 Å². The molecule has 0 aromatic carbocycles. The van der Waals surface area contributed by atoms with E-state index in [9.17, 15) is 29.1 Å². The molecular formula is C20H35N5O6S. The Labute approximate surface area is 192 Å². The number of nitrogens with zero attached hydrogens (tertiary/aromatic N) is 1. The molecule has 7 N–H and O–H groups in total. The number of carbonyl (C=O) groups excluding carboxylic acids is 4. The lowest BCUT2D eigenvalue weighted by atomic mass is 10.0. The van der Waals surface area contributed by atoms with Crippen molar-refractivity contribution in [3.63, 3.8) is 0 Å². The maximum Gasteiger partial charge on any atom is 0.326 e. The summed E-state index contributed by atoms with van der Waals surface area (Å²) in [7, 11) is 0. The van der Waals surface area contributed by atoms with Crippen LogP contribution in [-0.4, -0.2) is 82.3 Å². The van der Waals surface area contributed by atoms with E-state index >= 15 is 0 Å². The van der Waals surface area contributed by atoms with Gasteiger partial charge in [0.2, 0.25) is 23.6 Å². The van der Waals surface area contributed by atoms with Crippen LogP contribution in [0.4, 0.5) is 0 Å². The number of primary amides is 1. The zero-order valence-electron chi connectivity index (χ0n) is 18.8. The van der Waals surface area contributed by atoms with Gasteiger partial charge in [-0.05, 0) is 43.6 Å². The third-order valence-electron chi connectivity index (χ3n) is 5.14. The lowest BCUT2D eigenvalue weighted by Gasteiger charge is -2.28. The van der Waals surface area contributed by atoms with Gasteiger partial charge < -0.3 is 32.1 Å². The van der Waals surface area contributed by atoms with Gasteiger partial charge in [-0.15, -0.1) is 0 Å². The van der Waals surface area contributed by atoms with Crippen LogP contribution in [0.5, 0.6) is 0 Å². The van der Waals surface area contributed by atoms with Gasteiger partial charge in [0.15, 0.2) is 0 Å². The van der Waals surface area contributed by atoms with Gasteiger partial charge in [-0.2, -0.15) is 11.8 Å². The maximum atomic E-state index is 12.9. The van der Waals surface area contributed by atoms with Gasteiger partial charge in [0, 0.05) is 6.54 Å². The molecule has 0 aromatic rings. The highest BCUT2D eigenvalue weighted by molar-refractivity contribution is 7.98. The van der Waals surface area contributed by atoms with Gasteiger partial charge in [-0.3, -0.25) is 19.2 Å². The smallest absolute Gasteiger partial charge is 0.326 e. The molecule has 1 aliphatic rings. The molecule has 1 heterocycles. The number of carboxylic acid groups (broad SMARTS) is 1. The monoisotopic (exact) mass is 473 g/mol. The molecule has 4 unspecified atom stereocenters. The number of hydrogen-bond acceptors (Lipinski definition) is 7. The Hall–Kier alpha value is -2.34. The van der Waals surface area contributed by atoms with Crippen LogP contribution in [0.15, 0.2) is 0 Å². The molecule has 0 bridgehead atoms. The van der Waals surface area contributed by atoms with E-state index in [2.05, 4.69) is 10.6 Å². The van der Waals surface area contributed by atoms with Crippen LogP contribution < -0.4 is 22.1 Å². The molecule has 1 rings (SSSR count). The number of carbonyl (C=O) groups is 5. The molecule has 0 saturated carbocycles. The van der Waals surface area contributed by atoms with Crippen molar-refractivity contribution < 1.29 is 29.1 Å². The van der Waals surface area contributed by atoms with E-state index in [0.29, 0.717) is 31.6 Å². The molecule has 0 aliphatic carbocycles. The van der Waals surface area contributed by atoms with E-state index in [4.69, 9.17) is 11.5 Å². The second kappa shape index (κ2) is 13.3. The average Bonchev–Trinajstić information content (AvgIpc) is 3.18. The molecule has 1 aliphatic heterocycles. The van der Waals surface area contributed by atoms with Gasteiger partial charge in [0.05, 0.1) is 12.5 Å². The fraction of sp³-hybridized carbons (Fsp3) is 0.750. The van der Waals surface area contributed by atoms with Gasteiger partial charge in [0.1, 0.15) is 18.1 Å². The van der Waals surface area contributed by atoms with Crippen LogP contribution >= 0.6 is 11.8 Å². The van der Waals surface area contributed by atoms with Crippen molar-refractivity contribution in [3.05, 3.63) is 0 Å². The van der Waals surface area contributed by atoms with Crippen LogP contribution in [0.25, 0.3) is 0 Å². The second-order valence-corrected chi connectivity index (χ2v) is 9.32. The largest absolute Gasteiger partial charge is 0.480 e. The van der Waals surface area contributed by atoms with E-state index < -0.39 is 53.8 Å². The Morgan fingerprint density at radius 3 is 2.34 bits per heavy atom. The molecule has 12 heteroatoms. The van der Waals surface area contributed by atoms with Crippen LogP contribution in [0.1, 0.15) is 46.0 Å². The predicted molar refractivity (Wildman–Crippen MR) is 120 cm³/mol. The van der Waals surface area contributed by atoms with Gasteiger partial charge >= 0.3 is 5.97 Å². The zero-order chi connectivity index (χ0) is 24.4. The second-order valence-electron chi connectivity index (χ2n) is 8.34. The summed E-state index contributed by atoms with van der Waals surface area (Å²) in [6.07, 6.45) is 3.05. The fourth-order valence-electron chi connectivity index (χ4n) is 3.56. The van der Waals surface area contributed by atoms with Crippen molar-refractivity contribution in [3.8, 4) is 0 Å². The summed E-state index contributed by atoms with van der Waals surface area (Å²) >= 11 is 1.49. The third kappa shape index (κ3) is 8.65. The summed E-state index contributed by atoms with van der Waals surface area (Å²) in [6.45, 7) is 4.01. The number of likely N-dealkylation sites (tertiary alicyclic amines) is 1. The molecule has 4 atom stereocenters. The van der Waals surface area contributed by atoms with Crippen LogP contribution in [0.3, 0.4) is 0 Å². The molecule has 0 spiro atoms. The third-order valence-corrected chi connectivity index (χ3v) is 5.79. The lowest BCUT2D eigenvalue weighted by molar-refractivity contribution is -0.143. The Kier molecular flexibility index (Phi) is 11.5. The minimum absolute atomic E-state index is 0.0540. The molecule has 1 fully saturated rings. The summed E-state index contributed by atoms with van der Waals surface area (Å²) in [5, 5.41) is 14.6. The normalized spacial score (nSPS) is 18.7. The SMILES string of the molecule is CSCCC(NC(=O)C1CCCN1C(=O)C(N)CC(N)=O)C(=O)NC(CC(C)C)C(=O)O. The highest BCUT2D eigenvalue weighted by Gasteiger charge is 2.38. The summed E-state index contributed by atoms with van der Waals surface area (Å²) in [5.74, 6) is -2.88. The van der Waals surface area contributed by atoms with Crippen molar-refractivity contribution in [1.82, 2.24) is 15.5 Å². The Bertz CT molecular complexity index is 704. The minimum atomic E-state index is -1.14. The quantitative estimate of drug-likeness (QED) is 0.226. The van der Waals surface area contributed by atoms with Gasteiger partial charge in [-0.25, -0.2) is 4.79 Å². The first kappa shape index (κ1) is 27.7. The number of nitrogens with two attached hydrogens (primary N) is 2. The van der Waals surface area contributed by atoms with Crippen LogP contribution in [-0.2, 0) is 24.0 Å². The number of rotatable bonds is 13. The zero-order valence-corrected chi connectivity index (χ0v) is 19.7. The standard InChI is InChI=1S/C20H35N5O6S/c1-11(2)9-14(20(30)31)24-17(27)13(6-8-32-3)23-18(28)15-5-4-7-25(15)19(29)12(21)10-16(22)26/h11-15H,4-10,21H2,1-3H3,(H2,22,26)(H,23,28)(H,24,27)(H,30,31).